The molecule has 0 spiro atoms. The van der Waals surface area contributed by atoms with Crippen LogP contribution in [0, 0.1) is 0 Å². The minimum Gasteiger partial charge on any atom is -0.472 e. The van der Waals surface area contributed by atoms with Crippen molar-refractivity contribution in [2.24, 2.45) is 0 Å². The smallest absolute Gasteiger partial charge is 0.274 e. The average molecular weight is 396 g/mol. The lowest BCUT2D eigenvalue weighted by Gasteiger charge is -2.33. The zero-order valence-electron chi connectivity index (χ0n) is 17.0. The third kappa shape index (κ3) is 5.12. The highest BCUT2D eigenvalue weighted by atomic mass is 16.5. The monoisotopic (exact) mass is 396 g/mol. The van der Waals surface area contributed by atoms with E-state index in [0.29, 0.717) is 18.1 Å². The highest BCUT2D eigenvalue weighted by molar-refractivity contribution is 6.03. The summed E-state index contributed by atoms with van der Waals surface area (Å²) in [6.07, 6.45) is 1.67. The topological polar surface area (TPSA) is 74.8 Å². The largest absolute Gasteiger partial charge is 0.472 e. The molecule has 1 unspecified atom stereocenters. The molecule has 0 fully saturated rings. The van der Waals surface area contributed by atoms with Gasteiger partial charge in [-0.05, 0) is 38.2 Å². The maximum atomic E-state index is 13.1. The highest BCUT2D eigenvalue weighted by Gasteiger charge is 2.37. The normalized spacial score (nSPS) is 15.8. The first-order chi connectivity index (χ1) is 14.1. The summed E-state index contributed by atoms with van der Waals surface area (Å²) in [7, 11) is 0. The molecule has 2 aromatic rings. The molecule has 7 heteroatoms. The number of aromatic nitrogens is 1. The first-order valence-electron chi connectivity index (χ1n) is 10.1. The molecule has 0 saturated heterocycles. The SMILES string of the molecule is CCN(CC)CCCNC(=O)CN1C(=O)C(c2ccccc2)Oc2cccnc21. The van der Waals surface area contributed by atoms with Gasteiger partial charge in [0.2, 0.25) is 12.0 Å². The molecule has 1 aliphatic heterocycles. The molecule has 7 nitrogen and oxygen atoms in total. The molecule has 0 radical (unpaired) electrons. The molecule has 2 amide bonds. The predicted molar refractivity (Wildman–Crippen MR) is 112 cm³/mol. The maximum Gasteiger partial charge on any atom is 0.274 e. The molecule has 1 aliphatic rings. The van der Waals surface area contributed by atoms with Crippen LogP contribution in [0.5, 0.6) is 5.75 Å². The lowest BCUT2D eigenvalue weighted by Crippen LogP contribution is -2.47. The summed E-state index contributed by atoms with van der Waals surface area (Å²) in [5, 5.41) is 2.91. The van der Waals surface area contributed by atoms with Gasteiger partial charge in [-0.2, -0.15) is 0 Å². The van der Waals surface area contributed by atoms with Crippen LogP contribution in [-0.4, -0.2) is 54.4 Å². The molecular weight excluding hydrogens is 368 g/mol. The molecule has 0 aliphatic carbocycles. The number of carbonyl (C=O) groups excluding carboxylic acids is 2. The first kappa shape index (κ1) is 20.8. The molecule has 1 aromatic carbocycles. The van der Waals surface area contributed by atoms with Gasteiger partial charge >= 0.3 is 0 Å². The van der Waals surface area contributed by atoms with Crippen molar-refractivity contribution in [2.45, 2.75) is 26.4 Å². The van der Waals surface area contributed by atoms with Crippen LogP contribution < -0.4 is 15.0 Å². The number of nitrogens with one attached hydrogen (secondary N) is 1. The second kappa shape index (κ2) is 10.0. The highest BCUT2D eigenvalue weighted by Crippen LogP contribution is 2.36. The molecular formula is C22H28N4O3. The fraction of sp³-hybridized carbons (Fsp3) is 0.409. The molecule has 29 heavy (non-hydrogen) atoms. The molecule has 0 bridgehead atoms. The molecule has 1 atom stereocenters. The standard InChI is InChI=1S/C22H28N4O3/c1-3-25(4-2)15-9-14-23-19(27)16-26-21-18(12-8-13-24-21)29-20(22(26)28)17-10-6-5-7-11-17/h5-8,10-13,20H,3-4,9,14-16H2,1-2H3,(H,23,27). The van der Waals surface area contributed by atoms with Crippen LogP contribution in [0.2, 0.25) is 0 Å². The van der Waals surface area contributed by atoms with Crippen LogP contribution in [0.1, 0.15) is 31.9 Å². The Kier molecular flexibility index (Phi) is 7.19. The molecule has 2 heterocycles. The molecule has 1 aromatic heterocycles. The average Bonchev–Trinajstić information content (AvgIpc) is 2.76. The minimum absolute atomic E-state index is 0.0825. The number of fused-ring (bicyclic) bond motifs is 1. The van der Waals surface area contributed by atoms with Gasteiger partial charge in [-0.3, -0.25) is 14.5 Å². The number of anilines is 1. The van der Waals surface area contributed by atoms with Crippen molar-refractivity contribution in [2.75, 3.05) is 37.6 Å². The van der Waals surface area contributed by atoms with Crippen molar-refractivity contribution in [1.82, 2.24) is 15.2 Å². The second-order valence-electron chi connectivity index (χ2n) is 6.89. The summed E-state index contributed by atoms with van der Waals surface area (Å²) in [5.74, 6) is 0.377. The Morgan fingerprint density at radius 3 is 2.66 bits per heavy atom. The van der Waals surface area contributed by atoms with E-state index in [1.54, 1.807) is 18.3 Å². The van der Waals surface area contributed by atoms with Crippen LogP contribution in [0.25, 0.3) is 0 Å². The quantitative estimate of drug-likeness (QED) is 0.659. The number of hydrogen-bond donors (Lipinski definition) is 1. The number of ether oxygens (including phenoxy) is 1. The van der Waals surface area contributed by atoms with E-state index in [1.165, 1.54) is 4.90 Å². The Hall–Kier alpha value is -2.93. The van der Waals surface area contributed by atoms with Crippen molar-refractivity contribution in [3.63, 3.8) is 0 Å². The minimum atomic E-state index is -0.789. The number of amides is 2. The van der Waals surface area contributed by atoms with Gasteiger partial charge in [0.1, 0.15) is 6.54 Å². The molecule has 3 rings (SSSR count). The van der Waals surface area contributed by atoms with Gasteiger partial charge in [-0.1, -0.05) is 44.2 Å². The summed E-state index contributed by atoms with van der Waals surface area (Å²) in [6, 6.07) is 12.8. The van der Waals surface area contributed by atoms with E-state index in [-0.39, 0.29) is 18.4 Å². The van der Waals surface area contributed by atoms with E-state index in [2.05, 4.69) is 29.0 Å². The van der Waals surface area contributed by atoms with E-state index >= 15 is 0 Å². The van der Waals surface area contributed by atoms with Crippen LogP contribution in [0.4, 0.5) is 5.82 Å². The van der Waals surface area contributed by atoms with Crippen LogP contribution in [-0.2, 0) is 9.59 Å². The summed E-state index contributed by atoms with van der Waals surface area (Å²) < 4.78 is 5.90. The summed E-state index contributed by atoms with van der Waals surface area (Å²) in [6.45, 7) is 7.67. The van der Waals surface area contributed by atoms with Crippen molar-refractivity contribution in [3.8, 4) is 5.75 Å². The lowest BCUT2D eigenvalue weighted by atomic mass is 10.1. The fourth-order valence-corrected chi connectivity index (χ4v) is 3.36. The predicted octanol–water partition coefficient (Wildman–Crippen LogP) is 2.40. The fourth-order valence-electron chi connectivity index (χ4n) is 3.36. The number of pyridine rings is 1. The van der Waals surface area contributed by atoms with Gasteiger partial charge in [0.15, 0.2) is 11.6 Å². The first-order valence-corrected chi connectivity index (χ1v) is 10.1. The third-order valence-electron chi connectivity index (χ3n) is 5.01. The zero-order valence-corrected chi connectivity index (χ0v) is 17.0. The second-order valence-corrected chi connectivity index (χ2v) is 6.89. The number of carbonyl (C=O) groups is 2. The van der Waals surface area contributed by atoms with E-state index in [4.69, 9.17) is 4.74 Å². The number of rotatable bonds is 9. The zero-order chi connectivity index (χ0) is 20.6. The van der Waals surface area contributed by atoms with Crippen LogP contribution in [0.15, 0.2) is 48.7 Å². The van der Waals surface area contributed by atoms with Gasteiger partial charge in [0, 0.05) is 18.3 Å². The van der Waals surface area contributed by atoms with Gasteiger partial charge in [0.25, 0.3) is 5.91 Å². The van der Waals surface area contributed by atoms with E-state index in [1.807, 2.05) is 30.3 Å². The summed E-state index contributed by atoms with van der Waals surface area (Å²) in [4.78, 5) is 33.6. The van der Waals surface area contributed by atoms with Gasteiger partial charge < -0.3 is 15.0 Å². The number of hydrogen-bond acceptors (Lipinski definition) is 5. The summed E-state index contributed by atoms with van der Waals surface area (Å²) >= 11 is 0. The van der Waals surface area contributed by atoms with Crippen molar-refractivity contribution in [3.05, 3.63) is 54.2 Å². The summed E-state index contributed by atoms with van der Waals surface area (Å²) in [5.41, 5.74) is 0.747. The Labute approximate surface area is 171 Å². The number of nitrogens with zero attached hydrogens (tertiary/aromatic N) is 3. The lowest BCUT2D eigenvalue weighted by molar-refractivity contribution is -0.129. The van der Waals surface area contributed by atoms with Crippen LogP contribution in [0.3, 0.4) is 0 Å². The van der Waals surface area contributed by atoms with Crippen LogP contribution >= 0.6 is 0 Å². The van der Waals surface area contributed by atoms with E-state index in [9.17, 15) is 9.59 Å². The van der Waals surface area contributed by atoms with E-state index < -0.39 is 6.10 Å². The van der Waals surface area contributed by atoms with Crippen molar-refractivity contribution in [1.29, 1.82) is 0 Å². The van der Waals surface area contributed by atoms with Gasteiger partial charge in [0.05, 0.1) is 0 Å². The van der Waals surface area contributed by atoms with Crippen molar-refractivity contribution >= 4 is 17.6 Å². The number of benzene rings is 1. The Morgan fingerprint density at radius 2 is 1.93 bits per heavy atom. The molecule has 1 N–H and O–H groups in total. The van der Waals surface area contributed by atoms with Gasteiger partial charge in [-0.25, -0.2) is 4.98 Å². The van der Waals surface area contributed by atoms with E-state index in [0.717, 1.165) is 31.6 Å². The third-order valence-corrected chi connectivity index (χ3v) is 5.01. The Morgan fingerprint density at radius 1 is 1.17 bits per heavy atom. The Balaban J connectivity index is 1.67. The Bertz CT molecular complexity index is 824. The van der Waals surface area contributed by atoms with Gasteiger partial charge in [-0.15, -0.1) is 0 Å². The van der Waals surface area contributed by atoms with Crippen molar-refractivity contribution < 1.29 is 14.3 Å². The molecule has 0 saturated carbocycles. The maximum absolute atomic E-state index is 13.1. The molecule has 154 valence electrons.